The Hall–Kier alpha value is -2.42. The van der Waals surface area contributed by atoms with Gasteiger partial charge in [-0.25, -0.2) is 13.4 Å². The topological polar surface area (TPSA) is 156 Å². The molecular formula is C32H45LiN4O6S. The van der Waals surface area contributed by atoms with Gasteiger partial charge in [-0.1, -0.05) is 23.8 Å². The van der Waals surface area contributed by atoms with E-state index in [0.717, 1.165) is 75.0 Å². The second kappa shape index (κ2) is 14.8. The van der Waals surface area contributed by atoms with Gasteiger partial charge in [0.1, 0.15) is 11.9 Å². The van der Waals surface area contributed by atoms with Crippen LogP contribution in [0.1, 0.15) is 73.4 Å². The second-order valence-electron chi connectivity index (χ2n) is 12.7. The summed E-state index contributed by atoms with van der Waals surface area (Å²) < 4.78 is 34.2. The first kappa shape index (κ1) is 36.0. The van der Waals surface area contributed by atoms with Gasteiger partial charge in [0.25, 0.3) is 0 Å². The standard InChI is InChI=1S/C32H44N4O5S.Li.H2O/c1-5-41-31(38)27(36-42(39,40)28-21(3)13-20(2)14-22(28)4)19-34-30(37)25-17-32(18-25)15-23(16-32)8-10-26-11-9-24-7-6-12-33-29(24)35-26;;/h9,11,13-14,23,25,27,36H,5-8,10,12,15-19H2,1-4H3,(H,33,35)(H,34,37);;1H2/q;+1;/p-1/t23?,25?,27-,32?;;/m0../s1. The monoisotopic (exact) mass is 620 g/mol. The Morgan fingerprint density at radius 2 is 1.80 bits per heavy atom. The van der Waals surface area contributed by atoms with Crippen LogP contribution in [0, 0.1) is 38.0 Å². The van der Waals surface area contributed by atoms with Crippen molar-refractivity contribution in [3.63, 3.8) is 0 Å². The summed E-state index contributed by atoms with van der Waals surface area (Å²) in [5, 5.41) is 6.24. The maximum atomic E-state index is 13.3. The first-order valence-electron chi connectivity index (χ1n) is 15.3. The van der Waals surface area contributed by atoms with Gasteiger partial charge in [-0.05, 0) is 113 Å². The molecular weight excluding hydrogens is 575 g/mol. The van der Waals surface area contributed by atoms with Crippen LogP contribution in [0.2, 0.25) is 0 Å². The van der Waals surface area contributed by atoms with Crippen LogP contribution in [0.3, 0.4) is 0 Å². The molecule has 1 amide bonds. The molecule has 2 aliphatic carbocycles. The average molecular weight is 621 g/mol. The zero-order valence-electron chi connectivity index (χ0n) is 26.7. The van der Waals surface area contributed by atoms with E-state index in [1.54, 1.807) is 32.9 Å². The minimum atomic E-state index is -4.02. The van der Waals surface area contributed by atoms with Gasteiger partial charge in [0.2, 0.25) is 15.9 Å². The number of carbonyl (C=O) groups excluding carboxylic acids is 2. The van der Waals surface area contributed by atoms with Crippen molar-refractivity contribution in [2.24, 2.45) is 17.3 Å². The van der Waals surface area contributed by atoms with Gasteiger partial charge in [-0.15, -0.1) is 0 Å². The summed E-state index contributed by atoms with van der Waals surface area (Å²) in [7, 11) is -4.02. The molecule has 2 aromatic rings. The number of hydrogen-bond donors (Lipinski definition) is 3. The van der Waals surface area contributed by atoms with E-state index in [9.17, 15) is 18.0 Å². The summed E-state index contributed by atoms with van der Waals surface area (Å²) in [5.74, 6) is 0.762. The van der Waals surface area contributed by atoms with Gasteiger partial charge in [-0.3, -0.25) is 9.59 Å². The Labute approximate surface area is 273 Å². The number of nitrogens with one attached hydrogen (secondary N) is 3. The van der Waals surface area contributed by atoms with Gasteiger partial charge < -0.3 is 20.8 Å². The first-order chi connectivity index (χ1) is 20.0. The SMILES string of the molecule is CCOC(=O)[C@H](CNC(=O)C1CC2(CC(CCc3ccc4c(n3)NCCC4)C2)C1)NS(=O)(=O)c1c(C)cc(C)cc1C.[Li+].[OH-]. The molecule has 0 bridgehead atoms. The third-order valence-corrected chi connectivity index (χ3v) is 10.9. The molecule has 2 fully saturated rings. The number of pyridine rings is 1. The van der Waals surface area contributed by atoms with Crippen LogP contribution in [0.5, 0.6) is 0 Å². The number of esters is 1. The molecule has 236 valence electrons. The van der Waals surface area contributed by atoms with Crippen LogP contribution in [0.25, 0.3) is 0 Å². The van der Waals surface area contributed by atoms with Crippen LogP contribution < -0.4 is 34.2 Å². The minimum Gasteiger partial charge on any atom is -0.870 e. The minimum absolute atomic E-state index is 0. The zero-order valence-corrected chi connectivity index (χ0v) is 27.5. The maximum absolute atomic E-state index is 13.3. The maximum Gasteiger partial charge on any atom is 1.00 e. The van der Waals surface area contributed by atoms with E-state index >= 15 is 0 Å². The number of rotatable bonds is 11. The molecule has 10 nitrogen and oxygen atoms in total. The van der Waals surface area contributed by atoms with E-state index in [0.29, 0.717) is 17.0 Å². The number of nitrogens with zero attached hydrogens (tertiary/aromatic N) is 1. The number of aryl methyl sites for hydroxylation is 5. The molecule has 1 aromatic heterocycles. The molecule has 0 radical (unpaired) electrons. The molecule has 4 N–H and O–H groups in total. The molecule has 5 rings (SSSR count). The average Bonchev–Trinajstić information content (AvgIpc) is 2.88. The van der Waals surface area contributed by atoms with Gasteiger partial charge in [0.15, 0.2) is 0 Å². The molecule has 1 aliphatic heterocycles. The summed E-state index contributed by atoms with van der Waals surface area (Å²) in [6.45, 7) is 7.98. The zero-order chi connectivity index (χ0) is 30.1. The number of aromatic nitrogens is 1. The quantitative estimate of drug-likeness (QED) is 0.248. The Balaban J connectivity index is 0.00000264. The second-order valence-corrected chi connectivity index (χ2v) is 14.3. The normalized spacial score (nSPS) is 22.5. The molecule has 12 heteroatoms. The number of amides is 1. The molecule has 0 saturated heterocycles. The Kier molecular flexibility index (Phi) is 12.1. The van der Waals surface area contributed by atoms with Crippen molar-refractivity contribution in [3.8, 4) is 0 Å². The number of fused-ring (bicyclic) bond motifs is 1. The van der Waals surface area contributed by atoms with Gasteiger partial charge in [0.05, 0.1) is 11.5 Å². The van der Waals surface area contributed by atoms with Gasteiger partial charge >= 0.3 is 24.8 Å². The summed E-state index contributed by atoms with van der Waals surface area (Å²) in [5.41, 5.74) is 4.86. The van der Waals surface area contributed by atoms with E-state index in [1.807, 2.05) is 6.92 Å². The molecule has 1 aromatic carbocycles. The van der Waals surface area contributed by atoms with E-state index < -0.39 is 22.0 Å². The number of sulfonamides is 1. The fraction of sp³-hybridized carbons (Fsp3) is 0.594. The van der Waals surface area contributed by atoms with Crippen molar-refractivity contribution in [1.29, 1.82) is 0 Å². The van der Waals surface area contributed by atoms with E-state index in [2.05, 4.69) is 27.5 Å². The number of hydrogen-bond acceptors (Lipinski definition) is 8. The van der Waals surface area contributed by atoms with Crippen molar-refractivity contribution in [1.82, 2.24) is 15.0 Å². The third kappa shape index (κ3) is 8.04. The van der Waals surface area contributed by atoms with Crippen LogP contribution in [-0.2, 0) is 37.2 Å². The van der Waals surface area contributed by atoms with Crippen molar-refractivity contribution < 1.29 is 47.1 Å². The summed E-state index contributed by atoms with van der Waals surface area (Å²) in [4.78, 5) is 30.6. The first-order valence-corrected chi connectivity index (χ1v) is 16.7. The van der Waals surface area contributed by atoms with E-state index in [4.69, 9.17) is 9.72 Å². The van der Waals surface area contributed by atoms with E-state index in [1.165, 1.54) is 5.56 Å². The Morgan fingerprint density at radius 3 is 2.45 bits per heavy atom. The molecule has 0 unspecified atom stereocenters. The predicted molar refractivity (Wildman–Crippen MR) is 164 cm³/mol. The third-order valence-electron chi connectivity index (χ3n) is 9.16. The van der Waals surface area contributed by atoms with Gasteiger partial charge in [0, 0.05) is 24.7 Å². The molecule has 1 spiro atoms. The molecule has 3 aliphatic rings. The molecule has 2 saturated carbocycles. The largest absolute Gasteiger partial charge is 1.00 e. The molecule has 44 heavy (non-hydrogen) atoms. The number of carbonyl (C=O) groups is 2. The fourth-order valence-electron chi connectivity index (χ4n) is 7.33. The van der Waals surface area contributed by atoms with Crippen molar-refractivity contribution in [2.75, 3.05) is 25.0 Å². The molecule has 1 atom stereocenters. The van der Waals surface area contributed by atoms with Gasteiger partial charge in [-0.2, -0.15) is 4.72 Å². The predicted octanol–water partition coefficient (Wildman–Crippen LogP) is 0.958. The number of benzene rings is 1. The molecule has 2 heterocycles. The van der Waals surface area contributed by atoms with Crippen LogP contribution in [-0.4, -0.2) is 56.5 Å². The van der Waals surface area contributed by atoms with Crippen molar-refractivity contribution in [2.45, 2.75) is 90.0 Å². The summed E-state index contributed by atoms with van der Waals surface area (Å²) in [6, 6.07) is 6.75. The summed E-state index contributed by atoms with van der Waals surface area (Å²) >= 11 is 0. The van der Waals surface area contributed by atoms with Crippen molar-refractivity contribution in [3.05, 3.63) is 52.2 Å². The smallest absolute Gasteiger partial charge is 0.870 e. The van der Waals surface area contributed by atoms with Crippen LogP contribution >= 0.6 is 0 Å². The van der Waals surface area contributed by atoms with Crippen LogP contribution in [0.15, 0.2) is 29.2 Å². The van der Waals surface area contributed by atoms with E-state index in [-0.39, 0.29) is 59.6 Å². The van der Waals surface area contributed by atoms with Crippen molar-refractivity contribution >= 4 is 27.7 Å². The number of ether oxygens (including phenoxy) is 1. The summed E-state index contributed by atoms with van der Waals surface area (Å²) in [6.07, 6.45) is 8.32. The Morgan fingerprint density at radius 1 is 1.11 bits per heavy atom. The fourth-order valence-corrected chi connectivity index (χ4v) is 8.97. The number of anilines is 1. The van der Waals surface area contributed by atoms with Crippen LogP contribution in [0.4, 0.5) is 5.82 Å². The Bertz CT molecular complexity index is 1430.